The van der Waals surface area contributed by atoms with Gasteiger partial charge in [0.2, 0.25) is 5.91 Å². The van der Waals surface area contributed by atoms with Gasteiger partial charge in [-0.05, 0) is 59.2 Å². The van der Waals surface area contributed by atoms with Gasteiger partial charge >= 0.3 is 6.09 Å². The van der Waals surface area contributed by atoms with Crippen LogP contribution in [0.25, 0.3) is 0 Å². The largest absolute Gasteiger partial charge is 0.438 e. The monoisotopic (exact) mass is 509 g/mol. The lowest BCUT2D eigenvalue weighted by Crippen LogP contribution is -2.46. The lowest BCUT2D eigenvalue weighted by Gasteiger charge is -2.24. The fourth-order valence-corrected chi connectivity index (χ4v) is 4.61. The molecule has 2 atom stereocenters. The van der Waals surface area contributed by atoms with E-state index >= 15 is 0 Å². The van der Waals surface area contributed by atoms with Gasteiger partial charge in [0.25, 0.3) is 5.91 Å². The number of nitrogens with one attached hydrogen (secondary N) is 2. The van der Waals surface area contributed by atoms with Gasteiger partial charge in [0.15, 0.2) is 12.1 Å². The molecule has 188 valence electrons. The molecule has 2 heterocycles. The Morgan fingerprint density at radius 3 is 2.56 bits per heavy atom. The average molecular weight is 510 g/mol. The molecule has 4 rings (SSSR count). The van der Waals surface area contributed by atoms with Gasteiger partial charge in [0.1, 0.15) is 5.82 Å². The molecule has 0 saturated carbocycles. The standard InChI is InChI=1S/C27H28FN3O4S/c1-17(2)12-13-29-26(33)23-24(35-27(34)31(23)16-18-5-3-6-20(28)15-18)19-8-10-21(11-9-19)30-25(32)22-7-4-14-36-22/h3-11,14-15,17,23-24H,12-13,16H2,1-2H3,(H,29,33)(H,30,32). The van der Waals surface area contributed by atoms with Crippen LogP contribution < -0.4 is 10.6 Å². The first-order valence-corrected chi connectivity index (χ1v) is 12.6. The molecule has 1 aromatic heterocycles. The van der Waals surface area contributed by atoms with E-state index < -0.39 is 24.1 Å². The number of thiophene rings is 1. The Balaban J connectivity index is 1.54. The average Bonchev–Trinajstić information content (AvgIpc) is 3.48. The van der Waals surface area contributed by atoms with Crippen LogP contribution in [0.4, 0.5) is 14.9 Å². The summed E-state index contributed by atoms with van der Waals surface area (Å²) >= 11 is 1.34. The quantitative estimate of drug-likeness (QED) is 0.406. The van der Waals surface area contributed by atoms with Crippen LogP contribution in [0, 0.1) is 11.7 Å². The number of carbonyl (C=O) groups excluding carboxylic acids is 3. The van der Waals surface area contributed by atoms with Crippen molar-refractivity contribution in [1.82, 2.24) is 10.2 Å². The highest BCUT2D eigenvalue weighted by Gasteiger charge is 2.46. The number of nitrogens with zero attached hydrogens (tertiary/aromatic N) is 1. The van der Waals surface area contributed by atoms with Crippen LogP contribution in [0.15, 0.2) is 66.0 Å². The summed E-state index contributed by atoms with van der Waals surface area (Å²) in [6.45, 7) is 4.62. The molecule has 1 aliphatic heterocycles. The number of ether oxygens (including phenoxy) is 1. The normalized spacial score (nSPS) is 17.2. The maximum absolute atomic E-state index is 13.8. The number of carbonyl (C=O) groups is 3. The Bertz CT molecular complexity index is 1210. The minimum atomic E-state index is -0.931. The summed E-state index contributed by atoms with van der Waals surface area (Å²) in [7, 11) is 0. The highest BCUT2D eigenvalue weighted by molar-refractivity contribution is 7.12. The number of benzene rings is 2. The van der Waals surface area contributed by atoms with E-state index in [4.69, 9.17) is 4.74 Å². The number of hydrogen-bond acceptors (Lipinski definition) is 5. The lowest BCUT2D eigenvalue weighted by molar-refractivity contribution is -0.126. The highest BCUT2D eigenvalue weighted by atomic mass is 32.1. The second-order valence-corrected chi connectivity index (χ2v) is 9.98. The third-order valence-electron chi connectivity index (χ3n) is 5.86. The fourth-order valence-electron chi connectivity index (χ4n) is 3.99. The molecule has 2 aromatic carbocycles. The number of anilines is 1. The third-order valence-corrected chi connectivity index (χ3v) is 6.73. The van der Waals surface area contributed by atoms with Crippen molar-refractivity contribution in [3.05, 3.63) is 87.9 Å². The van der Waals surface area contributed by atoms with Gasteiger partial charge < -0.3 is 15.4 Å². The summed E-state index contributed by atoms with van der Waals surface area (Å²) in [5.74, 6) is -0.565. The molecule has 3 aromatic rings. The van der Waals surface area contributed by atoms with Crippen LogP contribution in [-0.4, -0.2) is 35.4 Å². The first-order chi connectivity index (χ1) is 17.3. The predicted octanol–water partition coefficient (Wildman–Crippen LogP) is 5.36. The molecule has 0 aliphatic carbocycles. The summed E-state index contributed by atoms with van der Waals surface area (Å²) in [4.78, 5) is 40.4. The van der Waals surface area contributed by atoms with E-state index in [0.717, 1.165) is 6.42 Å². The zero-order valence-corrected chi connectivity index (χ0v) is 20.9. The van der Waals surface area contributed by atoms with Gasteiger partial charge in [0.05, 0.1) is 11.4 Å². The van der Waals surface area contributed by atoms with Crippen LogP contribution in [0.3, 0.4) is 0 Å². The van der Waals surface area contributed by atoms with E-state index in [9.17, 15) is 18.8 Å². The maximum Gasteiger partial charge on any atom is 0.411 e. The molecule has 2 N–H and O–H groups in total. The Kier molecular flexibility index (Phi) is 8.00. The minimum absolute atomic E-state index is 0.0321. The van der Waals surface area contributed by atoms with E-state index in [-0.39, 0.29) is 18.4 Å². The number of rotatable bonds is 9. The van der Waals surface area contributed by atoms with E-state index in [2.05, 4.69) is 24.5 Å². The molecular weight excluding hydrogens is 481 g/mol. The first-order valence-electron chi connectivity index (χ1n) is 11.8. The molecule has 0 bridgehead atoms. The summed E-state index contributed by atoms with van der Waals surface area (Å²) in [5.41, 5.74) is 1.75. The number of hydrogen-bond donors (Lipinski definition) is 2. The molecule has 1 aliphatic rings. The fraction of sp³-hybridized carbons (Fsp3) is 0.296. The van der Waals surface area contributed by atoms with Crippen LogP contribution in [0.5, 0.6) is 0 Å². The number of amides is 3. The topological polar surface area (TPSA) is 87.7 Å². The molecule has 7 nitrogen and oxygen atoms in total. The van der Waals surface area contributed by atoms with Crippen molar-refractivity contribution >= 4 is 34.9 Å². The van der Waals surface area contributed by atoms with E-state index in [1.54, 1.807) is 48.5 Å². The van der Waals surface area contributed by atoms with Crippen LogP contribution in [0.1, 0.15) is 47.2 Å². The maximum atomic E-state index is 13.8. The van der Waals surface area contributed by atoms with Gasteiger partial charge in [-0.3, -0.25) is 14.5 Å². The molecule has 36 heavy (non-hydrogen) atoms. The van der Waals surface area contributed by atoms with Gasteiger partial charge in [-0.2, -0.15) is 0 Å². The zero-order chi connectivity index (χ0) is 25.7. The molecule has 0 spiro atoms. The van der Waals surface area contributed by atoms with Crippen LogP contribution in [0.2, 0.25) is 0 Å². The third kappa shape index (κ3) is 6.09. The van der Waals surface area contributed by atoms with Crippen molar-refractivity contribution in [2.75, 3.05) is 11.9 Å². The van der Waals surface area contributed by atoms with Gasteiger partial charge in [-0.15, -0.1) is 11.3 Å². The summed E-state index contributed by atoms with van der Waals surface area (Å²) in [6, 6.07) is 15.4. The van der Waals surface area contributed by atoms with Crippen molar-refractivity contribution in [3.63, 3.8) is 0 Å². The van der Waals surface area contributed by atoms with Crippen molar-refractivity contribution in [2.24, 2.45) is 5.92 Å². The number of halogens is 1. The van der Waals surface area contributed by atoms with Gasteiger partial charge in [0, 0.05) is 12.2 Å². The smallest absolute Gasteiger partial charge is 0.411 e. The zero-order valence-electron chi connectivity index (χ0n) is 20.1. The lowest BCUT2D eigenvalue weighted by atomic mass is 10.00. The Hall–Kier alpha value is -3.72. The minimum Gasteiger partial charge on any atom is -0.438 e. The Morgan fingerprint density at radius 2 is 1.89 bits per heavy atom. The second-order valence-electron chi connectivity index (χ2n) is 9.03. The summed E-state index contributed by atoms with van der Waals surface area (Å²) in [6.07, 6.45) is -0.712. The molecule has 0 radical (unpaired) electrons. The number of cyclic esters (lactones) is 1. The Labute approximate surface area is 213 Å². The van der Waals surface area contributed by atoms with E-state index in [1.165, 1.54) is 28.4 Å². The first kappa shape index (κ1) is 25.4. The molecule has 1 saturated heterocycles. The summed E-state index contributed by atoms with van der Waals surface area (Å²) < 4.78 is 19.4. The summed E-state index contributed by atoms with van der Waals surface area (Å²) in [5, 5.41) is 7.57. The molecular formula is C27H28FN3O4S. The van der Waals surface area contributed by atoms with E-state index in [0.29, 0.717) is 34.2 Å². The van der Waals surface area contributed by atoms with Crippen LogP contribution in [-0.2, 0) is 16.1 Å². The SMILES string of the molecule is CC(C)CCNC(=O)C1C(c2ccc(NC(=O)c3cccs3)cc2)OC(=O)N1Cc1cccc(F)c1. The molecule has 9 heteroatoms. The van der Waals surface area contributed by atoms with Gasteiger partial charge in [-0.1, -0.05) is 44.2 Å². The van der Waals surface area contributed by atoms with Crippen LogP contribution >= 0.6 is 11.3 Å². The predicted molar refractivity (Wildman–Crippen MR) is 136 cm³/mol. The molecule has 2 unspecified atom stereocenters. The Morgan fingerprint density at radius 1 is 1.11 bits per heavy atom. The second kappa shape index (κ2) is 11.3. The van der Waals surface area contributed by atoms with Crippen molar-refractivity contribution in [3.8, 4) is 0 Å². The van der Waals surface area contributed by atoms with Crippen molar-refractivity contribution < 1.29 is 23.5 Å². The van der Waals surface area contributed by atoms with E-state index in [1.807, 2.05) is 5.38 Å². The molecule has 1 fully saturated rings. The van der Waals surface area contributed by atoms with Gasteiger partial charge in [-0.25, -0.2) is 9.18 Å². The highest BCUT2D eigenvalue weighted by Crippen LogP contribution is 2.34. The molecule has 3 amide bonds. The van der Waals surface area contributed by atoms with Crippen molar-refractivity contribution in [1.29, 1.82) is 0 Å². The van der Waals surface area contributed by atoms with Crippen molar-refractivity contribution in [2.45, 2.75) is 39.0 Å².